The minimum Gasteiger partial charge on any atom is -0.395 e. The van der Waals surface area contributed by atoms with E-state index in [1.165, 1.54) is 5.56 Å². The second-order valence-corrected chi connectivity index (χ2v) is 6.14. The molecule has 4 heteroatoms. The molecule has 0 bridgehead atoms. The van der Waals surface area contributed by atoms with Crippen molar-refractivity contribution in [1.82, 2.24) is 5.32 Å². The van der Waals surface area contributed by atoms with Crippen molar-refractivity contribution in [1.29, 1.82) is 0 Å². The number of benzene rings is 1. The van der Waals surface area contributed by atoms with Crippen molar-refractivity contribution in [2.24, 2.45) is 5.92 Å². The topological polar surface area (TPSA) is 41.5 Å². The zero-order valence-electron chi connectivity index (χ0n) is 11.3. The van der Waals surface area contributed by atoms with Crippen LogP contribution in [0.25, 0.3) is 0 Å². The standard InChI is InChI=1S/C15H22BrNO2/c1-11(10-18)17-15(13-6-8-19-9-7-13)12-2-4-14(16)5-3-12/h2-5,11,13,15,17-18H,6-10H2,1H3/t11-,15-/m1/s1. The Hall–Kier alpha value is -0.420. The highest BCUT2D eigenvalue weighted by atomic mass is 79.9. The van der Waals surface area contributed by atoms with E-state index in [1.807, 2.05) is 6.92 Å². The van der Waals surface area contributed by atoms with Crippen LogP contribution in [0.15, 0.2) is 28.7 Å². The summed E-state index contributed by atoms with van der Waals surface area (Å²) < 4.78 is 6.55. The van der Waals surface area contributed by atoms with Crippen molar-refractivity contribution in [3.05, 3.63) is 34.3 Å². The number of nitrogens with one attached hydrogen (secondary N) is 1. The van der Waals surface area contributed by atoms with Gasteiger partial charge in [-0.15, -0.1) is 0 Å². The van der Waals surface area contributed by atoms with Gasteiger partial charge >= 0.3 is 0 Å². The molecule has 0 amide bonds. The smallest absolute Gasteiger partial charge is 0.0582 e. The third-order valence-corrected chi connectivity index (χ3v) is 4.23. The summed E-state index contributed by atoms with van der Waals surface area (Å²) in [4.78, 5) is 0. The van der Waals surface area contributed by atoms with Crippen LogP contribution < -0.4 is 5.32 Å². The van der Waals surface area contributed by atoms with E-state index in [0.717, 1.165) is 30.5 Å². The molecule has 0 spiro atoms. The van der Waals surface area contributed by atoms with Gasteiger partial charge in [-0.2, -0.15) is 0 Å². The van der Waals surface area contributed by atoms with Gasteiger partial charge in [0.1, 0.15) is 0 Å². The number of rotatable bonds is 5. The summed E-state index contributed by atoms with van der Waals surface area (Å²) in [6, 6.07) is 8.86. The third kappa shape index (κ3) is 4.28. The molecular formula is C15H22BrNO2. The molecule has 0 radical (unpaired) electrons. The lowest BCUT2D eigenvalue weighted by atomic mass is 9.86. The van der Waals surface area contributed by atoms with Crippen molar-refractivity contribution in [3.8, 4) is 0 Å². The Morgan fingerprint density at radius 3 is 2.53 bits per heavy atom. The van der Waals surface area contributed by atoms with Crippen LogP contribution in [0.3, 0.4) is 0 Å². The molecule has 1 aliphatic heterocycles. The van der Waals surface area contributed by atoms with Gasteiger partial charge in [0.25, 0.3) is 0 Å². The lowest BCUT2D eigenvalue weighted by Gasteiger charge is -2.33. The Bertz CT molecular complexity index is 376. The van der Waals surface area contributed by atoms with Gasteiger partial charge < -0.3 is 15.2 Å². The fourth-order valence-corrected chi connectivity index (χ4v) is 2.85. The number of ether oxygens (including phenoxy) is 1. The fourth-order valence-electron chi connectivity index (χ4n) is 2.58. The Morgan fingerprint density at radius 2 is 1.95 bits per heavy atom. The molecule has 1 heterocycles. The van der Waals surface area contributed by atoms with Gasteiger partial charge in [-0.3, -0.25) is 0 Å². The van der Waals surface area contributed by atoms with Crippen molar-refractivity contribution >= 4 is 15.9 Å². The molecule has 0 aromatic heterocycles. The summed E-state index contributed by atoms with van der Waals surface area (Å²) in [6.07, 6.45) is 2.15. The summed E-state index contributed by atoms with van der Waals surface area (Å²) in [5.41, 5.74) is 1.29. The second kappa shape index (κ2) is 7.39. The van der Waals surface area contributed by atoms with E-state index in [9.17, 15) is 5.11 Å². The Balaban J connectivity index is 2.14. The molecule has 1 saturated heterocycles. The predicted molar refractivity (Wildman–Crippen MR) is 80.1 cm³/mol. The van der Waals surface area contributed by atoms with Gasteiger partial charge in [0.2, 0.25) is 0 Å². The van der Waals surface area contributed by atoms with E-state index in [0.29, 0.717) is 12.0 Å². The first-order valence-electron chi connectivity index (χ1n) is 6.91. The predicted octanol–water partition coefficient (Wildman–Crippen LogP) is 2.89. The average molecular weight is 328 g/mol. The fraction of sp³-hybridized carbons (Fsp3) is 0.600. The first-order chi connectivity index (χ1) is 9.20. The molecule has 1 fully saturated rings. The van der Waals surface area contributed by atoms with E-state index in [4.69, 9.17) is 4.74 Å². The van der Waals surface area contributed by atoms with E-state index in [2.05, 4.69) is 45.5 Å². The quantitative estimate of drug-likeness (QED) is 0.873. The van der Waals surface area contributed by atoms with E-state index in [1.54, 1.807) is 0 Å². The maximum atomic E-state index is 9.28. The number of aliphatic hydroxyl groups excluding tert-OH is 1. The van der Waals surface area contributed by atoms with Crippen molar-refractivity contribution in [3.63, 3.8) is 0 Å². The maximum absolute atomic E-state index is 9.28. The van der Waals surface area contributed by atoms with E-state index < -0.39 is 0 Å². The maximum Gasteiger partial charge on any atom is 0.0582 e. The SMILES string of the molecule is C[C@H](CO)N[C@H](c1ccc(Br)cc1)C1CCOCC1. The number of hydrogen-bond donors (Lipinski definition) is 2. The molecule has 106 valence electrons. The largest absolute Gasteiger partial charge is 0.395 e. The minimum atomic E-state index is 0.108. The van der Waals surface area contributed by atoms with Crippen molar-refractivity contribution < 1.29 is 9.84 Å². The van der Waals surface area contributed by atoms with Crippen LogP contribution in [-0.2, 0) is 4.74 Å². The van der Waals surface area contributed by atoms with Gasteiger partial charge in [0.05, 0.1) is 6.61 Å². The molecule has 19 heavy (non-hydrogen) atoms. The molecule has 1 aromatic rings. The molecule has 1 aliphatic rings. The summed E-state index contributed by atoms with van der Waals surface area (Å²) in [6.45, 7) is 3.86. The zero-order chi connectivity index (χ0) is 13.7. The first kappa shape index (κ1) is 15.0. The van der Waals surface area contributed by atoms with Crippen molar-refractivity contribution in [2.75, 3.05) is 19.8 Å². The molecule has 1 aromatic carbocycles. The molecular weight excluding hydrogens is 306 g/mol. The van der Waals surface area contributed by atoms with E-state index in [-0.39, 0.29) is 12.6 Å². The number of aliphatic hydroxyl groups is 1. The molecule has 0 unspecified atom stereocenters. The Morgan fingerprint density at radius 1 is 1.32 bits per heavy atom. The lowest BCUT2D eigenvalue weighted by Crippen LogP contribution is -2.38. The lowest BCUT2D eigenvalue weighted by molar-refractivity contribution is 0.0507. The van der Waals surface area contributed by atoms with Crippen LogP contribution in [0, 0.1) is 5.92 Å². The number of halogens is 1. The number of hydrogen-bond acceptors (Lipinski definition) is 3. The summed E-state index contributed by atoms with van der Waals surface area (Å²) in [7, 11) is 0. The van der Waals surface area contributed by atoms with Crippen LogP contribution in [0.5, 0.6) is 0 Å². The van der Waals surface area contributed by atoms with Crippen LogP contribution in [0.2, 0.25) is 0 Å². The van der Waals surface area contributed by atoms with E-state index >= 15 is 0 Å². The zero-order valence-corrected chi connectivity index (χ0v) is 12.9. The van der Waals surface area contributed by atoms with Crippen LogP contribution in [0.4, 0.5) is 0 Å². The van der Waals surface area contributed by atoms with Gasteiger partial charge in [0.15, 0.2) is 0 Å². The van der Waals surface area contributed by atoms with Gasteiger partial charge in [-0.25, -0.2) is 0 Å². The Kier molecular flexibility index (Phi) is 5.82. The molecule has 3 nitrogen and oxygen atoms in total. The monoisotopic (exact) mass is 327 g/mol. The Labute approximate surface area is 123 Å². The third-order valence-electron chi connectivity index (χ3n) is 3.70. The van der Waals surface area contributed by atoms with Crippen LogP contribution >= 0.6 is 15.9 Å². The highest BCUT2D eigenvalue weighted by molar-refractivity contribution is 9.10. The van der Waals surface area contributed by atoms with Gasteiger partial charge in [-0.1, -0.05) is 28.1 Å². The highest BCUT2D eigenvalue weighted by Crippen LogP contribution is 2.31. The van der Waals surface area contributed by atoms with Gasteiger partial charge in [0, 0.05) is 29.8 Å². The summed E-state index contributed by atoms with van der Waals surface area (Å²) >= 11 is 3.47. The first-order valence-corrected chi connectivity index (χ1v) is 7.70. The van der Waals surface area contributed by atoms with Crippen LogP contribution in [0.1, 0.15) is 31.4 Å². The molecule has 2 N–H and O–H groups in total. The molecule has 0 aliphatic carbocycles. The van der Waals surface area contributed by atoms with Crippen molar-refractivity contribution in [2.45, 2.75) is 31.8 Å². The summed E-state index contributed by atoms with van der Waals surface area (Å²) in [5.74, 6) is 0.573. The average Bonchev–Trinajstić information content (AvgIpc) is 2.46. The normalized spacial score (nSPS) is 20.2. The highest BCUT2D eigenvalue weighted by Gasteiger charge is 2.26. The second-order valence-electron chi connectivity index (χ2n) is 5.23. The molecule has 2 atom stereocenters. The summed E-state index contributed by atoms with van der Waals surface area (Å²) in [5, 5.41) is 12.8. The van der Waals surface area contributed by atoms with Crippen LogP contribution in [-0.4, -0.2) is 31.0 Å². The molecule has 2 rings (SSSR count). The van der Waals surface area contributed by atoms with Gasteiger partial charge in [-0.05, 0) is 43.4 Å². The molecule has 0 saturated carbocycles. The minimum absolute atomic E-state index is 0.108.